The van der Waals surface area contributed by atoms with Gasteiger partial charge in [0.25, 0.3) is 0 Å². The standard InChI is InChI=1S/C23H27N5.HI/c1-24-23(28-16-14-27(15-17-28)22-8-4-5-12-25-22)26-13-11-19-9-10-20-6-2-3-7-21(20)18-19;/h2-10,12,18H,11,13-17H2,1H3,(H,24,26);1H. The summed E-state index contributed by atoms with van der Waals surface area (Å²) in [5, 5.41) is 6.13. The van der Waals surface area contributed by atoms with E-state index in [4.69, 9.17) is 0 Å². The van der Waals surface area contributed by atoms with Crippen molar-refractivity contribution in [3.8, 4) is 0 Å². The number of benzene rings is 2. The molecule has 0 atom stereocenters. The van der Waals surface area contributed by atoms with E-state index in [1.807, 2.05) is 25.4 Å². The molecule has 6 heteroatoms. The van der Waals surface area contributed by atoms with Crippen LogP contribution in [0, 0.1) is 0 Å². The number of fused-ring (bicyclic) bond motifs is 1. The van der Waals surface area contributed by atoms with Crippen molar-refractivity contribution in [2.24, 2.45) is 4.99 Å². The van der Waals surface area contributed by atoms with Crippen molar-refractivity contribution in [2.45, 2.75) is 6.42 Å². The van der Waals surface area contributed by atoms with Crippen molar-refractivity contribution in [3.05, 3.63) is 72.4 Å². The largest absolute Gasteiger partial charge is 0.356 e. The van der Waals surface area contributed by atoms with E-state index < -0.39 is 0 Å². The van der Waals surface area contributed by atoms with Crippen molar-refractivity contribution in [1.82, 2.24) is 15.2 Å². The van der Waals surface area contributed by atoms with Gasteiger partial charge in [0.2, 0.25) is 0 Å². The molecule has 2 aromatic carbocycles. The maximum atomic E-state index is 4.49. The van der Waals surface area contributed by atoms with Gasteiger partial charge in [-0.3, -0.25) is 4.99 Å². The second-order valence-electron chi connectivity index (χ2n) is 7.07. The first-order valence-corrected chi connectivity index (χ1v) is 9.93. The number of hydrogen-bond acceptors (Lipinski definition) is 3. The number of hydrogen-bond donors (Lipinski definition) is 1. The molecule has 2 heterocycles. The van der Waals surface area contributed by atoms with Crippen LogP contribution in [0.25, 0.3) is 10.8 Å². The molecule has 1 aliphatic heterocycles. The minimum atomic E-state index is 0. The SMILES string of the molecule is CN=C(NCCc1ccc2ccccc2c1)N1CCN(c2ccccn2)CC1.I. The molecule has 3 aromatic rings. The number of rotatable bonds is 4. The normalized spacial score (nSPS) is 14.6. The lowest BCUT2D eigenvalue weighted by Gasteiger charge is -2.37. The zero-order valence-electron chi connectivity index (χ0n) is 16.8. The summed E-state index contributed by atoms with van der Waals surface area (Å²) in [7, 11) is 1.86. The lowest BCUT2D eigenvalue weighted by Crippen LogP contribution is -2.53. The molecule has 152 valence electrons. The van der Waals surface area contributed by atoms with Crippen LogP contribution in [-0.4, -0.2) is 55.6 Å². The topological polar surface area (TPSA) is 43.8 Å². The van der Waals surface area contributed by atoms with Crippen LogP contribution in [0.3, 0.4) is 0 Å². The molecule has 1 fully saturated rings. The summed E-state index contributed by atoms with van der Waals surface area (Å²) in [6, 6.07) is 21.3. The Bertz CT molecular complexity index is 936. The minimum absolute atomic E-state index is 0. The summed E-state index contributed by atoms with van der Waals surface area (Å²) in [6.45, 7) is 4.70. The zero-order valence-corrected chi connectivity index (χ0v) is 19.1. The van der Waals surface area contributed by atoms with Gasteiger partial charge in [0.15, 0.2) is 5.96 Å². The smallest absolute Gasteiger partial charge is 0.193 e. The highest BCUT2D eigenvalue weighted by Crippen LogP contribution is 2.16. The maximum absolute atomic E-state index is 4.49. The van der Waals surface area contributed by atoms with Crippen LogP contribution in [0.2, 0.25) is 0 Å². The fraction of sp³-hybridized carbons (Fsp3) is 0.304. The van der Waals surface area contributed by atoms with Crippen molar-refractivity contribution in [1.29, 1.82) is 0 Å². The number of guanidine groups is 1. The fourth-order valence-electron chi connectivity index (χ4n) is 3.73. The van der Waals surface area contributed by atoms with E-state index >= 15 is 0 Å². The van der Waals surface area contributed by atoms with Crippen molar-refractivity contribution in [3.63, 3.8) is 0 Å². The summed E-state index contributed by atoms with van der Waals surface area (Å²) in [6.07, 6.45) is 2.84. The van der Waals surface area contributed by atoms with E-state index in [1.54, 1.807) is 0 Å². The Balaban J connectivity index is 0.00000240. The van der Waals surface area contributed by atoms with Gasteiger partial charge < -0.3 is 15.1 Å². The number of aromatic nitrogens is 1. The first-order valence-electron chi connectivity index (χ1n) is 9.93. The molecule has 1 saturated heterocycles. The predicted molar refractivity (Wildman–Crippen MR) is 132 cm³/mol. The number of halogens is 1. The van der Waals surface area contributed by atoms with Crippen molar-refractivity contribution < 1.29 is 0 Å². The number of nitrogens with zero attached hydrogens (tertiary/aromatic N) is 4. The average molecular weight is 501 g/mol. The molecule has 1 N–H and O–H groups in total. The molecule has 0 saturated carbocycles. The lowest BCUT2D eigenvalue weighted by molar-refractivity contribution is 0.372. The summed E-state index contributed by atoms with van der Waals surface area (Å²) >= 11 is 0. The van der Waals surface area contributed by atoms with Gasteiger partial charge in [0, 0.05) is 46.0 Å². The summed E-state index contributed by atoms with van der Waals surface area (Å²) in [5.74, 6) is 2.04. The third-order valence-corrected chi connectivity index (χ3v) is 5.27. The highest BCUT2D eigenvalue weighted by Gasteiger charge is 2.20. The second-order valence-corrected chi connectivity index (χ2v) is 7.07. The van der Waals surface area contributed by atoms with E-state index in [0.29, 0.717) is 0 Å². The Kier molecular flexibility index (Phi) is 7.69. The van der Waals surface area contributed by atoms with Crippen molar-refractivity contribution in [2.75, 3.05) is 44.7 Å². The second kappa shape index (κ2) is 10.4. The third-order valence-electron chi connectivity index (χ3n) is 5.27. The molecular formula is C23H28IN5. The van der Waals surface area contributed by atoms with Crippen LogP contribution in [0.5, 0.6) is 0 Å². The van der Waals surface area contributed by atoms with Gasteiger partial charge in [0.1, 0.15) is 5.82 Å². The molecule has 1 aliphatic rings. The van der Waals surface area contributed by atoms with Gasteiger partial charge in [-0.1, -0.05) is 48.5 Å². The number of pyridine rings is 1. The Morgan fingerprint density at radius 2 is 1.72 bits per heavy atom. The average Bonchev–Trinajstić information content (AvgIpc) is 2.77. The molecule has 29 heavy (non-hydrogen) atoms. The Morgan fingerprint density at radius 1 is 0.966 bits per heavy atom. The van der Waals surface area contributed by atoms with Gasteiger partial charge >= 0.3 is 0 Å². The third kappa shape index (κ3) is 5.38. The zero-order chi connectivity index (χ0) is 19.2. The number of piperazine rings is 1. The van der Waals surface area contributed by atoms with Gasteiger partial charge in [-0.2, -0.15) is 0 Å². The molecular weight excluding hydrogens is 473 g/mol. The minimum Gasteiger partial charge on any atom is -0.356 e. The first kappa shape index (κ1) is 21.4. The molecule has 0 radical (unpaired) electrons. The fourth-order valence-corrected chi connectivity index (χ4v) is 3.73. The van der Waals surface area contributed by atoms with Gasteiger partial charge in [-0.15, -0.1) is 24.0 Å². The van der Waals surface area contributed by atoms with Crippen molar-refractivity contribution >= 4 is 46.5 Å². The van der Waals surface area contributed by atoms with Crippen LogP contribution in [0.1, 0.15) is 5.56 Å². The Morgan fingerprint density at radius 3 is 2.45 bits per heavy atom. The van der Waals surface area contributed by atoms with Gasteiger partial charge in [-0.25, -0.2) is 4.98 Å². The summed E-state index contributed by atoms with van der Waals surface area (Å²) < 4.78 is 0. The molecule has 0 spiro atoms. The number of anilines is 1. The van der Waals surface area contributed by atoms with E-state index in [1.165, 1.54) is 16.3 Å². The van der Waals surface area contributed by atoms with E-state index in [2.05, 4.69) is 73.6 Å². The Labute approximate surface area is 189 Å². The quantitative estimate of drug-likeness (QED) is 0.336. The molecule has 0 bridgehead atoms. The summed E-state index contributed by atoms with van der Waals surface area (Å²) in [5.41, 5.74) is 1.35. The van der Waals surface area contributed by atoms with E-state index in [0.717, 1.165) is 50.9 Å². The predicted octanol–water partition coefficient (Wildman–Crippen LogP) is 3.79. The monoisotopic (exact) mass is 501 g/mol. The first-order chi connectivity index (χ1) is 13.8. The molecule has 0 unspecified atom stereocenters. The van der Waals surface area contributed by atoms with Crippen LogP contribution in [0.15, 0.2) is 71.9 Å². The van der Waals surface area contributed by atoms with E-state index in [9.17, 15) is 0 Å². The van der Waals surface area contributed by atoms with Gasteiger partial charge in [0.05, 0.1) is 0 Å². The van der Waals surface area contributed by atoms with Gasteiger partial charge in [-0.05, 0) is 34.9 Å². The van der Waals surface area contributed by atoms with Crippen LogP contribution < -0.4 is 10.2 Å². The molecule has 1 aromatic heterocycles. The van der Waals surface area contributed by atoms with Crippen LogP contribution >= 0.6 is 24.0 Å². The van der Waals surface area contributed by atoms with Crippen LogP contribution in [0.4, 0.5) is 5.82 Å². The number of aliphatic imine (C=N–C) groups is 1. The number of nitrogens with one attached hydrogen (secondary N) is 1. The molecule has 4 rings (SSSR count). The molecule has 0 amide bonds. The lowest BCUT2D eigenvalue weighted by atomic mass is 10.1. The summed E-state index contributed by atoms with van der Waals surface area (Å²) in [4.78, 5) is 13.6. The highest BCUT2D eigenvalue weighted by atomic mass is 127. The van der Waals surface area contributed by atoms with Crippen LogP contribution in [-0.2, 0) is 6.42 Å². The Hall–Kier alpha value is -2.35. The molecule has 5 nitrogen and oxygen atoms in total. The maximum Gasteiger partial charge on any atom is 0.193 e. The highest BCUT2D eigenvalue weighted by molar-refractivity contribution is 14.0. The van der Waals surface area contributed by atoms with E-state index in [-0.39, 0.29) is 24.0 Å². The molecule has 0 aliphatic carbocycles.